The molecule has 1 rings (SSSR count). The predicted octanol–water partition coefficient (Wildman–Crippen LogP) is 1.60. The van der Waals surface area contributed by atoms with Gasteiger partial charge in [0.2, 0.25) is 0 Å². The van der Waals surface area contributed by atoms with Gasteiger partial charge >= 0.3 is 5.97 Å². The van der Waals surface area contributed by atoms with E-state index in [1.165, 1.54) is 32.2 Å². The van der Waals surface area contributed by atoms with Crippen molar-refractivity contribution in [1.82, 2.24) is 0 Å². The summed E-state index contributed by atoms with van der Waals surface area (Å²) in [7, 11) is 1.34. The molecule has 1 aromatic rings. The maximum Gasteiger partial charge on any atom is 0.339 e. The molecule has 0 saturated carbocycles. The van der Waals surface area contributed by atoms with Gasteiger partial charge in [0.1, 0.15) is 11.3 Å². The lowest BCUT2D eigenvalue weighted by atomic mass is 10.1. The molecule has 1 aromatic carbocycles. The van der Waals surface area contributed by atoms with Crippen molar-refractivity contribution in [2.24, 2.45) is 0 Å². The van der Waals surface area contributed by atoms with Crippen LogP contribution in [0.4, 0.5) is 0 Å². The number of carboxylic acid groups (broad SMARTS) is 1. The minimum Gasteiger partial charge on any atom is -0.495 e. The average molecular weight is 194 g/mol. The van der Waals surface area contributed by atoms with Crippen LogP contribution in [0.25, 0.3) is 0 Å². The van der Waals surface area contributed by atoms with Gasteiger partial charge in [-0.15, -0.1) is 0 Å². The molecule has 0 heterocycles. The number of carboxylic acids is 1. The molecule has 0 aliphatic carbocycles. The van der Waals surface area contributed by atoms with Gasteiger partial charge in [-0.25, -0.2) is 4.79 Å². The molecule has 0 spiro atoms. The Balaban J connectivity index is 3.39. The van der Waals surface area contributed by atoms with Gasteiger partial charge in [0, 0.05) is 0 Å². The van der Waals surface area contributed by atoms with Crippen LogP contribution in [0.2, 0.25) is 0 Å². The topological polar surface area (TPSA) is 63.6 Å². The second-order valence-electron chi connectivity index (χ2n) is 2.75. The normalized spacial score (nSPS) is 9.57. The van der Waals surface area contributed by atoms with Crippen molar-refractivity contribution in [1.29, 1.82) is 0 Å². The number of ketones is 1. The van der Waals surface area contributed by atoms with E-state index in [0.717, 1.165) is 0 Å². The fraction of sp³-hybridized carbons (Fsp3) is 0.200. The summed E-state index contributed by atoms with van der Waals surface area (Å²) < 4.78 is 4.90. The Bertz CT molecular complexity index is 349. The maximum atomic E-state index is 11.1. The molecule has 0 amide bonds. The van der Waals surface area contributed by atoms with Crippen LogP contribution in [0.5, 0.6) is 5.75 Å². The summed E-state index contributed by atoms with van der Waals surface area (Å²) in [4.78, 5) is 21.9. The van der Waals surface area contributed by atoms with Crippen LogP contribution in [0.3, 0.4) is 0 Å². The van der Waals surface area contributed by atoms with E-state index in [1.807, 2.05) is 0 Å². The highest BCUT2D eigenvalue weighted by molar-refractivity contribution is 6.01. The number of hydrogen-bond donors (Lipinski definition) is 1. The van der Waals surface area contributed by atoms with E-state index in [-0.39, 0.29) is 22.7 Å². The largest absolute Gasteiger partial charge is 0.495 e. The summed E-state index contributed by atoms with van der Waals surface area (Å²) in [5.74, 6) is -1.21. The first-order valence-electron chi connectivity index (χ1n) is 3.99. The number of aromatic carboxylic acids is 1. The number of carbonyl (C=O) groups excluding carboxylic acids is 1. The average Bonchev–Trinajstić information content (AvgIpc) is 2.16. The number of hydrogen-bond acceptors (Lipinski definition) is 3. The predicted molar refractivity (Wildman–Crippen MR) is 50.0 cm³/mol. The van der Waals surface area contributed by atoms with Crippen molar-refractivity contribution < 1.29 is 19.4 Å². The molecule has 1 N–H and O–H groups in total. The molecule has 14 heavy (non-hydrogen) atoms. The number of Topliss-reactive ketones (excluding diaryl/α,β-unsaturated/α-hetero) is 1. The smallest absolute Gasteiger partial charge is 0.339 e. The van der Waals surface area contributed by atoms with Crippen LogP contribution in [0.15, 0.2) is 18.2 Å². The number of methoxy groups -OCH3 is 1. The molecule has 0 aliphatic rings. The number of benzene rings is 1. The third-order valence-corrected chi connectivity index (χ3v) is 1.83. The number of carbonyl (C=O) groups is 2. The zero-order valence-corrected chi connectivity index (χ0v) is 7.90. The number of para-hydroxylation sites is 1. The van der Waals surface area contributed by atoms with E-state index in [0.29, 0.717) is 0 Å². The van der Waals surface area contributed by atoms with Gasteiger partial charge in [0.05, 0.1) is 12.7 Å². The van der Waals surface area contributed by atoms with Gasteiger partial charge in [-0.05, 0) is 19.1 Å². The van der Waals surface area contributed by atoms with Crippen LogP contribution in [-0.2, 0) is 0 Å². The van der Waals surface area contributed by atoms with E-state index in [4.69, 9.17) is 9.84 Å². The first kappa shape index (κ1) is 10.2. The lowest BCUT2D eigenvalue weighted by molar-refractivity contribution is 0.0693. The zero-order valence-electron chi connectivity index (χ0n) is 7.90. The summed E-state index contributed by atoms with van der Waals surface area (Å²) in [6, 6.07) is 4.45. The van der Waals surface area contributed by atoms with Crippen molar-refractivity contribution in [3.8, 4) is 5.75 Å². The van der Waals surface area contributed by atoms with E-state index in [2.05, 4.69) is 0 Å². The van der Waals surface area contributed by atoms with Crippen LogP contribution in [-0.4, -0.2) is 24.0 Å². The van der Waals surface area contributed by atoms with Crippen LogP contribution >= 0.6 is 0 Å². The molecule has 0 bridgehead atoms. The first-order chi connectivity index (χ1) is 6.57. The molecule has 0 atom stereocenters. The van der Waals surface area contributed by atoms with Gasteiger partial charge in [-0.3, -0.25) is 4.79 Å². The SMILES string of the molecule is COc1c(C(C)=O)cccc1C(=O)O. The minimum absolute atomic E-state index is 0.000185. The molecule has 0 radical (unpaired) electrons. The van der Waals surface area contributed by atoms with E-state index in [9.17, 15) is 9.59 Å². The molecule has 0 fully saturated rings. The quantitative estimate of drug-likeness (QED) is 0.742. The Morgan fingerprint density at radius 3 is 2.29 bits per heavy atom. The van der Waals surface area contributed by atoms with Crippen LogP contribution < -0.4 is 4.74 Å². The molecule has 4 heteroatoms. The van der Waals surface area contributed by atoms with Crippen LogP contribution in [0, 0.1) is 0 Å². The Hall–Kier alpha value is -1.84. The summed E-state index contributed by atoms with van der Waals surface area (Å²) >= 11 is 0. The van der Waals surface area contributed by atoms with Crippen molar-refractivity contribution >= 4 is 11.8 Å². The highest BCUT2D eigenvalue weighted by Crippen LogP contribution is 2.23. The van der Waals surface area contributed by atoms with E-state index in [1.54, 1.807) is 0 Å². The maximum absolute atomic E-state index is 11.1. The Labute approximate surface area is 81.1 Å². The molecular formula is C10H10O4. The summed E-state index contributed by atoms with van der Waals surface area (Å²) in [6.45, 7) is 1.36. The van der Waals surface area contributed by atoms with Crippen molar-refractivity contribution in [3.05, 3.63) is 29.3 Å². The van der Waals surface area contributed by atoms with Gasteiger partial charge in [0.15, 0.2) is 5.78 Å². The Kier molecular flexibility index (Phi) is 2.86. The third-order valence-electron chi connectivity index (χ3n) is 1.83. The van der Waals surface area contributed by atoms with Gasteiger partial charge in [0.25, 0.3) is 0 Å². The van der Waals surface area contributed by atoms with Gasteiger partial charge in [-0.2, -0.15) is 0 Å². The fourth-order valence-electron chi connectivity index (χ4n) is 1.20. The van der Waals surface area contributed by atoms with Crippen molar-refractivity contribution in [3.63, 3.8) is 0 Å². The summed E-state index contributed by atoms with van der Waals surface area (Å²) in [5, 5.41) is 8.81. The molecule has 0 aliphatic heterocycles. The Morgan fingerprint density at radius 1 is 1.29 bits per heavy atom. The Morgan fingerprint density at radius 2 is 1.86 bits per heavy atom. The van der Waals surface area contributed by atoms with Crippen molar-refractivity contribution in [2.75, 3.05) is 7.11 Å². The van der Waals surface area contributed by atoms with Gasteiger partial charge in [-0.1, -0.05) is 6.07 Å². The number of ether oxygens (including phenoxy) is 1. The molecule has 0 saturated heterocycles. The van der Waals surface area contributed by atoms with Crippen molar-refractivity contribution in [2.45, 2.75) is 6.92 Å². The molecule has 0 unspecified atom stereocenters. The first-order valence-corrected chi connectivity index (χ1v) is 3.99. The molecular weight excluding hydrogens is 184 g/mol. The third kappa shape index (κ3) is 1.74. The molecule has 74 valence electrons. The monoisotopic (exact) mass is 194 g/mol. The van der Waals surface area contributed by atoms with Gasteiger partial charge < -0.3 is 9.84 Å². The lowest BCUT2D eigenvalue weighted by Crippen LogP contribution is -2.05. The highest BCUT2D eigenvalue weighted by Gasteiger charge is 2.16. The van der Waals surface area contributed by atoms with E-state index >= 15 is 0 Å². The molecule has 0 aromatic heterocycles. The second kappa shape index (κ2) is 3.91. The highest BCUT2D eigenvalue weighted by atomic mass is 16.5. The standard InChI is InChI=1S/C10H10O4/c1-6(11)7-4-3-5-8(10(12)13)9(7)14-2/h3-5H,1-2H3,(H,12,13). The lowest BCUT2D eigenvalue weighted by Gasteiger charge is -2.08. The number of rotatable bonds is 3. The second-order valence-corrected chi connectivity index (χ2v) is 2.75. The molecule has 4 nitrogen and oxygen atoms in total. The van der Waals surface area contributed by atoms with Crippen LogP contribution in [0.1, 0.15) is 27.6 Å². The summed E-state index contributed by atoms with van der Waals surface area (Å²) in [6.07, 6.45) is 0. The van der Waals surface area contributed by atoms with E-state index < -0.39 is 5.97 Å². The zero-order chi connectivity index (χ0) is 10.7. The fourth-order valence-corrected chi connectivity index (χ4v) is 1.20. The summed E-state index contributed by atoms with van der Waals surface area (Å²) in [5.41, 5.74) is 0.285. The minimum atomic E-state index is -1.11.